The highest BCUT2D eigenvalue weighted by molar-refractivity contribution is 5.54. The Hall–Kier alpha value is -1.25. The van der Waals surface area contributed by atoms with Crippen LogP contribution in [-0.4, -0.2) is 25.6 Å². The fraction of sp³-hybridized carbons (Fsp3) is 0.545. The number of nitrogens with one attached hydrogen (secondary N) is 1. The standard InChI is InChI=1S/C11H17N3/c1-12-10-5-11(7-13-6-10)14(2)8-9-3-4-9/h5-7,9,12H,3-4,8H2,1-2H3. The van der Waals surface area contributed by atoms with E-state index in [0.717, 1.165) is 18.2 Å². The number of nitrogens with zero attached hydrogens (tertiary/aromatic N) is 2. The Morgan fingerprint density at radius 1 is 1.50 bits per heavy atom. The molecule has 0 bridgehead atoms. The van der Waals surface area contributed by atoms with Crippen molar-refractivity contribution < 1.29 is 0 Å². The molecule has 3 heteroatoms. The molecule has 0 aromatic carbocycles. The molecule has 1 saturated carbocycles. The zero-order chi connectivity index (χ0) is 9.97. The maximum atomic E-state index is 4.20. The summed E-state index contributed by atoms with van der Waals surface area (Å²) >= 11 is 0. The van der Waals surface area contributed by atoms with Crippen molar-refractivity contribution in [3.05, 3.63) is 18.5 Å². The smallest absolute Gasteiger partial charge is 0.0570 e. The lowest BCUT2D eigenvalue weighted by atomic mass is 10.3. The maximum Gasteiger partial charge on any atom is 0.0570 e. The van der Waals surface area contributed by atoms with Gasteiger partial charge in [-0.25, -0.2) is 0 Å². The minimum atomic E-state index is 0.915. The van der Waals surface area contributed by atoms with E-state index in [9.17, 15) is 0 Å². The molecule has 0 radical (unpaired) electrons. The van der Waals surface area contributed by atoms with Crippen LogP contribution in [0, 0.1) is 5.92 Å². The molecular formula is C11H17N3. The van der Waals surface area contributed by atoms with Gasteiger partial charge in [-0.2, -0.15) is 0 Å². The molecule has 1 aromatic rings. The molecule has 76 valence electrons. The van der Waals surface area contributed by atoms with Gasteiger partial charge in [0.15, 0.2) is 0 Å². The molecule has 3 nitrogen and oxygen atoms in total. The quantitative estimate of drug-likeness (QED) is 0.788. The summed E-state index contributed by atoms with van der Waals surface area (Å²) in [4.78, 5) is 6.48. The topological polar surface area (TPSA) is 28.2 Å². The first-order valence-corrected chi connectivity index (χ1v) is 5.13. The second-order valence-corrected chi connectivity index (χ2v) is 4.01. The van der Waals surface area contributed by atoms with Gasteiger partial charge in [-0.1, -0.05) is 0 Å². The van der Waals surface area contributed by atoms with Gasteiger partial charge in [0.05, 0.1) is 23.8 Å². The summed E-state index contributed by atoms with van der Waals surface area (Å²) in [7, 11) is 4.05. The average molecular weight is 191 g/mol. The fourth-order valence-electron chi connectivity index (χ4n) is 1.57. The Morgan fingerprint density at radius 3 is 2.93 bits per heavy atom. The number of hydrogen-bond acceptors (Lipinski definition) is 3. The SMILES string of the molecule is CNc1cncc(N(C)CC2CC2)c1. The first-order chi connectivity index (χ1) is 6.79. The van der Waals surface area contributed by atoms with Gasteiger partial charge in [-0.3, -0.25) is 4.98 Å². The number of pyridine rings is 1. The number of aromatic nitrogens is 1. The third kappa shape index (κ3) is 2.16. The van der Waals surface area contributed by atoms with Gasteiger partial charge in [0, 0.05) is 20.6 Å². The van der Waals surface area contributed by atoms with Gasteiger partial charge in [0.1, 0.15) is 0 Å². The van der Waals surface area contributed by atoms with Crippen LogP contribution >= 0.6 is 0 Å². The summed E-state index contributed by atoms with van der Waals surface area (Å²) in [5.41, 5.74) is 2.27. The summed E-state index contributed by atoms with van der Waals surface area (Å²) < 4.78 is 0. The van der Waals surface area contributed by atoms with Gasteiger partial charge in [0.25, 0.3) is 0 Å². The van der Waals surface area contributed by atoms with Crippen LogP contribution in [0.1, 0.15) is 12.8 Å². The van der Waals surface area contributed by atoms with Gasteiger partial charge in [-0.05, 0) is 24.8 Å². The molecule has 1 N–H and O–H groups in total. The molecule has 14 heavy (non-hydrogen) atoms. The van der Waals surface area contributed by atoms with Gasteiger partial charge in [-0.15, -0.1) is 0 Å². The summed E-state index contributed by atoms with van der Waals surface area (Å²) in [6.45, 7) is 1.16. The van der Waals surface area contributed by atoms with Crippen molar-refractivity contribution in [3.63, 3.8) is 0 Å². The minimum Gasteiger partial charge on any atom is -0.387 e. The normalized spacial score (nSPS) is 15.3. The molecule has 0 unspecified atom stereocenters. The van der Waals surface area contributed by atoms with E-state index in [-0.39, 0.29) is 0 Å². The molecule has 1 aromatic heterocycles. The molecule has 1 fully saturated rings. The molecule has 0 spiro atoms. The molecule has 1 aliphatic rings. The Labute approximate surface area is 85.1 Å². The van der Waals surface area contributed by atoms with Crippen LogP contribution in [0.15, 0.2) is 18.5 Å². The summed E-state index contributed by atoms with van der Waals surface area (Å²) in [5.74, 6) is 0.915. The minimum absolute atomic E-state index is 0.915. The van der Waals surface area contributed by atoms with Crippen molar-refractivity contribution in [1.29, 1.82) is 0 Å². The Kier molecular flexibility index (Phi) is 2.57. The average Bonchev–Trinajstić information content (AvgIpc) is 3.02. The fourth-order valence-corrected chi connectivity index (χ4v) is 1.57. The third-order valence-electron chi connectivity index (χ3n) is 2.68. The predicted octanol–water partition coefficient (Wildman–Crippen LogP) is 1.97. The number of anilines is 2. The second kappa shape index (κ2) is 3.86. The first-order valence-electron chi connectivity index (χ1n) is 5.13. The van der Waals surface area contributed by atoms with Crippen molar-refractivity contribution in [2.45, 2.75) is 12.8 Å². The van der Waals surface area contributed by atoms with Crippen LogP contribution in [0.4, 0.5) is 11.4 Å². The number of hydrogen-bond donors (Lipinski definition) is 1. The van der Waals surface area contributed by atoms with Gasteiger partial charge < -0.3 is 10.2 Å². The highest BCUT2D eigenvalue weighted by Crippen LogP contribution is 2.30. The molecule has 0 atom stereocenters. The second-order valence-electron chi connectivity index (χ2n) is 4.01. The van der Waals surface area contributed by atoms with Crippen LogP contribution in [-0.2, 0) is 0 Å². The monoisotopic (exact) mass is 191 g/mol. The van der Waals surface area contributed by atoms with Gasteiger partial charge >= 0.3 is 0 Å². The van der Waals surface area contributed by atoms with Crippen molar-refractivity contribution in [1.82, 2.24) is 4.98 Å². The van der Waals surface area contributed by atoms with Gasteiger partial charge in [0.2, 0.25) is 0 Å². The molecule has 0 aliphatic heterocycles. The Bertz CT molecular complexity index is 307. The zero-order valence-corrected chi connectivity index (χ0v) is 8.83. The lowest BCUT2D eigenvalue weighted by molar-refractivity contribution is 0.786. The van der Waals surface area contributed by atoms with E-state index in [1.165, 1.54) is 18.5 Å². The van der Waals surface area contributed by atoms with Crippen LogP contribution in [0.2, 0.25) is 0 Å². The highest BCUT2D eigenvalue weighted by Gasteiger charge is 2.22. The molecule has 1 aliphatic carbocycles. The van der Waals surface area contributed by atoms with Crippen molar-refractivity contribution in [2.24, 2.45) is 5.92 Å². The van der Waals surface area contributed by atoms with Crippen LogP contribution in [0.3, 0.4) is 0 Å². The van der Waals surface area contributed by atoms with E-state index in [4.69, 9.17) is 0 Å². The highest BCUT2D eigenvalue weighted by atomic mass is 15.1. The Morgan fingerprint density at radius 2 is 2.29 bits per heavy atom. The largest absolute Gasteiger partial charge is 0.387 e. The zero-order valence-electron chi connectivity index (χ0n) is 8.83. The van der Waals surface area contributed by atoms with Crippen molar-refractivity contribution >= 4 is 11.4 Å². The molecule has 0 amide bonds. The van der Waals surface area contributed by atoms with Crippen molar-refractivity contribution in [3.8, 4) is 0 Å². The van der Waals surface area contributed by atoms with E-state index in [1.807, 2.05) is 19.4 Å². The van der Waals surface area contributed by atoms with Crippen LogP contribution < -0.4 is 10.2 Å². The van der Waals surface area contributed by atoms with E-state index in [0.29, 0.717) is 0 Å². The Balaban J connectivity index is 2.05. The summed E-state index contributed by atoms with van der Waals surface area (Å²) in [5, 5.41) is 3.10. The van der Waals surface area contributed by atoms with E-state index in [1.54, 1.807) is 0 Å². The lowest BCUT2D eigenvalue weighted by Gasteiger charge is -2.19. The van der Waals surface area contributed by atoms with Crippen LogP contribution in [0.25, 0.3) is 0 Å². The summed E-state index contributed by atoms with van der Waals surface area (Å²) in [6.07, 6.45) is 6.55. The lowest BCUT2D eigenvalue weighted by Crippen LogP contribution is -2.20. The van der Waals surface area contributed by atoms with E-state index >= 15 is 0 Å². The summed E-state index contributed by atoms with van der Waals surface area (Å²) in [6, 6.07) is 2.13. The maximum absolute atomic E-state index is 4.20. The predicted molar refractivity (Wildman–Crippen MR) is 59.8 cm³/mol. The van der Waals surface area contributed by atoms with Crippen molar-refractivity contribution in [2.75, 3.05) is 30.9 Å². The third-order valence-corrected chi connectivity index (χ3v) is 2.68. The molecular weight excluding hydrogens is 174 g/mol. The molecule has 2 rings (SSSR count). The van der Waals surface area contributed by atoms with E-state index in [2.05, 4.69) is 28.3 Å². The van der Waals surface area contributed by atoms with E-state index < -0.39 is 0 Å². The van der Waals surface area contributed by atoms with Crippen LogP contribution in [0.5, 0.6) is 0 Å². The number of rotatable bonds is 4. The molecule has 1 heterocycles. The molecule has 0 saturated heterocycles. The first kappa shape index (κ1) is 9.31.